The lowest BCUT2D eigenvalue weighted by atomic mass is 9.63. The van der Waals surface area contributed by atoms with Crippen molar-refractivity contribution in [2.24, 2.45) is 5.73 Å². The summed E-state index contributed by atoms with van der Waals surface area (Å²) < 4.78 is 0. The zero-order valence-electron chi connectivity index (χ0n) is 19.5. The Balaban J connectivity index is 1.38. The number of rotatable bonds is 5. The lowest BCUT2D eigenvalue weighted by molar-refractivity contribution is -0.0738. The molecule has 6 rings (SSSR count). The summed E-state index contributed by atoms with van der Waals surface area (Å²) in [5.74, 6) is 0.238. The Morgan fingerprint density at radius 3 is 2.17 bits per heavy atom. The van der Waals surface area contributed by atoms with Crippen LogP contribution in [0, 0.1) is 0 Å². The van der Waals surface area contributed by atoms with Crippen LogP contribution in [0.5, 0.6) is 0 Å². The number of benzene rings is 2. The lowest BCUT2D eigenvalue weighted by Crippen LogP contribution is -2.58. The van der Waals surface area contributed by atoms with Gasteiger partial charge in [0.2, 0.25) is 5.95 Å². The molecule has 2 aromatic carbocycles. The van der Waals surface area contributed by atoms with Crippen LogP contribution < -0.4 is 11.5 Å². The summed E-state index contributed by atoms with van der Waals surface area (Å²) in [4.78, 5) is 19.9. The molecule has 0 bridgehead atoms. The van der Waals surface area contributed by atoms with Crippen LogP contribution in [0.15, 0.2) is 73.2 Å². The highest BCUT2D eigenvalue weighted by molar-refractivity contribution is 7.25. The van der Waals surface area contributed by atoms with Gasteiger partial charge in [-0.2, -0.15) is 0 Å². The summed E-state index contributed by atoms with van der Waals surface area (Å²) in [6.45, 7) is 1.83. The van der Waals surface area contributed by atoms with Gasteiger partial charge in [0.05, 0.1) is 21.0 Å². The van der Waals surface area contributed by atoms with Gasteiger partial charge in [0.1, 0.15) is 10.0 Å². The van der Waals surface area contributed by atoms with Gasteiger partial charge < -0.3 is 16.6 Å². The van der Waals surface area contributed by atoms with Crippen molar-refractivity contribution in [1.82, 2.24) is 19.9 Å². The largest absolute Gasteiger partial charge is 0.390 e. The van der Waals surface area contributed by atoms with E-state index in [1.165, 1.54) is 0 Å². The van der Waals surface area contributed by atoms with E-state index in [4.69, 9.17) is 16.5 Å². The number of hydrogen-bond acceptors (Lipinski definition) is 9. The molecular formula is C27H24N6OS2. The summed E-state index contributed by atoms with van der Waals surface area (Å²) in [6.07, 6.45) is 6.32. The van der Waals surface area contributed by atoms with Gasteiger partial charge in [-0.3, -0.25) is 0 Å². The molecule has 0 spiro atoms. The first-order valence-electron chi connectivity index (χ1n) is 11.5. The first kappa shape index (κ1) is 22.9. The molecular weight excluding hydrogens is 488 g/mol. The number of nitrogen functional groups attached to an aromatic ring is 1. The van der Waals surface area contributed by atoms with Crippen LogP contribution in [-0.4, -0.2) is 30.6 Å². The quantitative estimate of drug-likeness (QED) is 0.290. The van der Waals surface area contributed by atoms with Crippen molar-refractivity contribution in [2.45, 2.75) is 30.9 Å². The first-order valence-corrected chi connectivity index (χ1v) is 13.2. The van der Waals surface area contributed by atoms with Crippen molar-refractivity contribution >= 4 is 28.6 Å². The van der Waals surface area contributed by atoms with Gasteiger partial charge in [0, 0.05) is 35.3 Å². The van der Waals surface area contributed by atoms with Crippen LogP contribution in [-0.2, 0) is 5.54 Å². The minimum absolute atomic E-state index is 0.238. The Bertz CT molecular complexity index is 1520. The molecule has 180 valence electrons. The Hall–Kier alpha value is -3.50. The SMILES string of the molecule is C[C@]1(O)C[C@@](N)(c2ccc(-c3nc(-c4cnc(-c5cnc(N)nc5)s4)sc3-c3ccccc3)cc2)C1. The van der Waals surface area contributed by atoms with Gasteiger partial charge in [-0.15, -0.1) is 22.7 Å². The number of hydrogen-bond donors (Lipinski definition) is 3. The number of nitrogens with two attached hydrogens (primary N) is 2. The predicted molar refractivity (Wildman–Crippen MR) is 145 cm³/mol. The molecule has 1 aliphatic carbocycles. The van der Waals surface area contributed by atoms with Crippen LogP contribution in [0.4, 0.5) is 5.95 Å². The van der Waals surface area contributed by atoms with Gasteiger partial charge in [-0.05, 0) is 30.9 Å². The van der Waals surface area contributed by atoms with E-state index in [0.717, 1.165) is 47.7 Å². The second-order valence-corrected chi connectivity index (χ2v) is 11.5. The second kappa shape index (κ2) is 8.56. The van der Waals surface area contributed by atoms with Crippen LogP contribution in [0.1, 0.15) is 25.3 Å². The monoisotopic (exact) mass is 512 g/mol. The molecule has 1 fully saturated rings. The van der Waals surface area contributed by atoms with E-state index in [-0.39, 0.29) is 5.95 Å². The molecule has 9 heteroatoms. The van der Waals surface area contributed by atoms with Crippen LogP contribution in [0.25, 0.3) is 42.2 Å². The Kier molecular flexibility index (Phi) is 5.45. The summed E-state index contributed by atoms with van der Waals surface area (Å²) in [6, 6.07) is 18.6. The zero-order chi connectivity index (χ0) is 24.9. The number of aromatic nitrogens is 4. The van der Waals surface area contributed by atoms with Crippen molar-refractivity contribution in [3.8, 4) is 42.2 Å². The predicted octanol–water partition coefficient (Wildman–Crippen LogP) is 5.34. The summed E-state index contributed by atoms with van der Waals surface area (Å²) in [5.41, 5.74) is 15.9. The maximum absolute atomic E-state index is 10.2. The van der Waals surface area contributed by atoms with Crippen LogP contribution >= 0.6 is 22.7 Å². The topological polar surface area (TPSA) is 124 Å². The molecule has 5 aromatic rings. The molecule has 0 radical (unpaired) electrons. The molecule has 3 heterocycles. The van der Waals surface area contributed by atoms with Crippen molar-refractivity contribution in [3.05, 3.63) is 78.8 Å². The summed E-state index contributed by atoms with van der Waals surface area (Å²) >= 11 is 3.20. The molecule has 0 amide bonds. The van der Waals surface area contributed by atoms with Crippen molar-refractivity contribution in [1.29, 1.82) is 0 Å². The zero-order valence-corrected chi connectivity index (χ0v) is 21.2. The Morgan fingerprint density at radius 2 is 1.50 bits per heavy atom. The molecule has 1 aliphatic rings. The highest BCUT2D eigenvalue weighted by Gasteiger charge is 2.49. The third-order valence-electron chi connectivity index (χ3n) is 6.42. The number of nitrogens with zero attached hydrogens (tertiary/aromatic N) is 4. The van der Waals surface area contributed by atoms with E-state index >= 15 is 0 Å². The normalized spacial score (nSPS) is 21.3. The van der Waals surface area contributed by atoms with Crippen molar-refractivity contribution < 1.29 is 5.11 Å². The first-order chi connectivity index (χ1) is 17.3. The maximum atomic E-state index is 10.2. The Morgan fingerprint density at radius 1 is 0.806 bits per heavy atom. The van der Waals surface area contributed by atoms with E-state index in [2.05, 4.69) is 51.4 Å². The summed E-state index contributed by atoms with van der Waals surface area (Å²) in [5, 5.41) is 11.9. The molecule has 3 aromatic heterocycles. The smallest absolute Gasteiger partial charge is 0.219 e. The fraction of sp³-hybridized carbons (Fsp3) is 0.185. The third kappa shape index (κ3) is 4.20. The average molecular weight is 513 g/mol. The van der Waals surface area contributed by atoms with Gasteiger partial charge >= 0.3 is 0 Å². The fourth-order valence-electron chi connectivity index (χ4n) is 4.83. The molecule has 0 saturated heterocycles. The lowest BCUT2D eigenvalue weighted by Gasteiger charge is -2.49. The highest BCUT2D eigenvalue weighted by Crippen LogP contribution is 2.47. The van der Waals surface area contributed by atoms with Crippen molar-refractivity contribution in [2.75, 3.05) is 5.73 Å². The molecule has 1 saturated carbocycles. The average Bonchev–Trinajstić information content (AvgIpc) is 3.52. The molecule has 36 heavy (non-hydrogen) atoms. The van der Waals surface area contributed by atoms with Gasteiger partial charge in [0.15, 0.2) is 0 Å². The van der Waals surface area contributed by atoms with Gasteiger partial charge in [0.25, 0.3) is 0 Å². The molecule has 5 N–H and O–H groups in total. The number of anilines is 1. The molecule has 0 aliphatic heterocycles. The van der Waals surface area contributed by atoms with E-state index in [9.17, 15) is 5.11 Å². The van der Waals surface area contributed by atoms with Gasteiger partial charge in [-0.1, -0.05) is 54.6 Å². The fourth-order valence-corrected chi connectivity index (χ4v) is 6.86. The number of thiazole rings is 2. The van der Waals surface area contributed by atoms with Crippen molar-refractivity contribution in [3.63, 3.8) is 0 Å². The van der Waals surface area contributed by atoms with E-state index in [1.807, 2.05) is 31.3 Å². The standard InChI is InChI=1S/C27H24N6OS2/c1-26(34)14-27(29,15-26)19-9-7-16(8-10-19)21-22(17-5-3-2-4-6-17)36-24(33-21)20-13-30-23(35-20)18-11-31-25(28)32-12-18/h2-13,34H,14-15,29H2,1H3,(H2,28,31,32)/t26-,27-. The molecule has 0 atom stereocenters. The maximum Gasteiger partial charge on any atom is 0.219 e. The van der Waals surface area contributed by atoms with Gasteiger partial charge in [-0.25, -0.2) is 19.9 Å². The van der Waals surface area contributed by atoms with E-state index in [0.29, 0.717) is 12.8 Å². The minimum Gasteiger partial charge on any atom is -0.390 e. The van der Waals surface area contributed by atoms with E-state index in [1.54, 1.807) is 35.1 Å². The highest BCUT2D eigenvalue weighted by atomic mass is 32.1. The van der Waals surface area contributed by atoms with E-state index < -0.39 is 11.1 Å². The third-order valence-corrected chi connectivity index (χ3v) is 8.74. The molecule has 7 nitrogen and oxygen atoms in total. The number of aliphatic hydroxyl groups is 1. The second-order valence-electron chi connectivity index (χ2n) is 9.51. The minimum atomic E-state index is -0.691. The summed E-state index contributed by atoms with van der Waals surface area (Å²) in [7, 11) is 0. The Labute approximate surface area is 216 Å². The van der Waals surface area contributed by atoms with Crippen LogP contribution in [0.3, 0.4) is 0 Å². The molecule has 0 unspecified atom stereocenters. The van der Waals surface area contributed by atoms with Crippen LogP contribution in [0.2, 0.25) is 0 Å².